The van der Waals surface area contributed by atoms with Crippen molar-refractivity contribution in [1.29, 1.82) is 0 Å². The highest BCUT2D eigenvalue weighted by atomic mass is 32.1. The summed E-state index contributed by atoms with van der Waals surface area (Å²) in [5.74, 6) is 1.59. The minimum Gasteiger partial charge on any atom is -0.437 e. The molecule has 0 saturated heterocycles. The molecular formula is C15H14N6OS. The van der Waals surface area contributed by atoms with Gasteiger partial charge in [-0.1, -0.05) is 12.1 Å². The Morgan fingerprint density at radius 2 is 2.22 bits per heavy atom. The minimum absolute atomic E-state index is 0.454. The van der Waals surface area contributed by atoms with Gasteiger partial charge in [-0.15, -0.1) is 11.3 Å². The maximum atomic E-state index is 5.69. The van der Waals surface area contributed by atoms with E-state index in [9.17, 15) is 0 Å². The number of nitrogen functional groups attached to an aromatic ring is 1. The Morgan fingerprint density at radius 3 is 3.00 bits per heavy atom. The molecule has 23 heavy (non-hydrogen) atoms. The van der Waals surface area contributed by atoms with E-state index in [2.05, 4.69) is 25.5 Å². The predicted molar refractivity (Wildman–Crippen MR) is 91.0 cm³/mol. The molecule has 0 unspecified atom stereocenters. The summed E-state index contributed by atoms with van der Waals surface area (Å²) in [6.07, 6.45) is 4.92. The summed E-state index contributed by atoms with van der Waals surface area (Å²) in [4.78, 5) is 12.4. The highest BCUT2D eigenvalue weighted by Gasteiger charge is 2.01. The number of benzene rings is 1. The number of nitrogens with two attached hydrogens (primary N) is 1. The average Bonchev–Trinajstić information content (AvgIpc) is 2.93. The maximum Gasteiger partial charge on any atom is 0.238 e. The van der Waals surface area contributed by atoms with Gasteiger partial charge in [-0.05, 0) is 24.6 Å². The largest absolute Gasteiger partial charge is 0.437 e. The number of aryl methyl sites for hydroxylation is 1. The Labute approximate surface area is 136 Å². The molecule has 0 amide bonds. The van der Waals surface area contributed by atoms with E-state index < -0.39 is 0 Å². The molecule has 3 aromatic rings. The lowest BCUT2D eigenvalue weighted by Gasteiger charge is -2.05. The van der Waals surface area contributed by atoms with Gasteiger partial charge < -0.3 is 10.5 Å². The summed E-state index contributed by atoms with van der Waals surface area (Å²) in [6.45, 7) is 1.86. The van der Waals surface area contributed by atoms with Gasteiger partial charge in [-0.2, -0.15) is 5.10 Å². The van der Waals surface area contributed by atoms with Gasteiger partial charge in [-0.3, -0.25) is 10.4 Å². The monoisotopic (exact) mass is 326 g/mol. The number of anilines is 2. The van der Waals surface area contributed by atoms with Crippen LogP contribution in [0.5, 0.6) is 11.6 Å². The second-order valence-corrected chi connectivity index (χ2v) is 5.48. The molecule has 1 aromatic carbocycles. The standard InChI is InChI=1S/C15H14N6OS/c1-10-6-17-8-14(19-10)22-12-4-2-3-11(5-12)7-18-21-15-20-13(16)9-23-15/h2-9H,16H2,1H3,(H,20,21). The fourth-order valence-electron chi connectivity index (χ4n) is 1.77. The summed E-state index contributed by atoms with van der Waals surface area (Å²) < 4.78 is 5.69. The van der Waals surface area contributed by atoms with Crippen molar-refractivity contribution in [3.8, 4) is 11.6 Å². The number of rotatable bonds is 5. The topological polar surface area (TPSA) is 98.3 Å². The lowest BCUT2D eigenvalue weighted by Crippen LogP contribution is -1.93. The molecule has 7 nitrogen and oxygen atoms in total. The van der Waals surface area contributed by atoms with Gasteiger partial charge in [0.05, 0.1) is 18.1 Å². The number of hydrogen-bond acceptors (Lipinski definition) is 8. The Bertz CT molecular complexity index is 832. The molecule has 0 saturated carbocycles. The van der Waals surface area contributed by atoms with E-state index in [1.165, 1.54) is 11.3 Å². The quantitative estimate of drug-likeness (QED) is 0.552. The van der Waals surface area contributed by atoms with Crippen LogP contribution < -0.4 is 15.9 Å². The minimum atomic E-state index is 0.454. The molecule has 2 heterocycles. The normalized spacial score (nSPS) is 10.8. The third-order valence-electron chi connectivity index (χ3n) is 2.71. The number of aromatic nitrogens is 3. The highest BCUT2D eigenvalue weighted by molar-refractivity contribution is 7.14. The lowest BCUT2D eigenvalue weighted by molar-refractivity contribution is 0.458. The lowest BCUT2D eigenvalue weighted by atomic mass is 10.2. The first kappa shape index (κ1) is 14.9. The molecule has 116 valence electrons. The van der Waals surface area contributed by atoms with Crippen LogP contribution in [0.3, 0.4) is 0 Å². The van der Waals surface area contributed by atoms with Crippen molar-refractivity contribution in [3.63, 3.8) is 0 Å². The molecule has 3 rings (SSSR count). The van der Waals surface area contributed by atoms with Crippen LogP contribution in [0.1, 0.15) is 11.3 Å². The maximum absolute atomic E-state index is 5.69. The van der Waals surface area contributed by atoms with Crippen LogP contribution in [0.25, 0.3) is 0 Å². The predicted octanol–water partition coefficient (Wildman–Crippen LogP) is 3.06. The molecule has 3 N–H and O–H groups in total. The van der Waals surface area contributed by atoms with E-state index in [4.69, 9.17) is 10.5 Å². The van der Waals surface area contributed by atoms with Gasteiger partial charge in [0.15, 0.2) is 0 Å². The molecule has 0 aliphatic heterocycles. The first-order chi connectivity index (χ1) is 11.2. The van der Waals surface area contributed by atoms with Crippen LogP contribution >= 0.6 is 11.3 Å². The fraction of sp³-hybridized carbons (Fsp3) is 0.0667. The van der Waals surface area contributed by atoms with Crippen molar-refractivity contribution in [2.45, 2.75) is 6.92 Å². The summed E-state index contributed by atoms with van der Waals surface area (Å²) in [7, 11) is 0. The highest BCUT2D eigenvalue weighted by Crippen LogP contribution is 2.20. The Balaban J connectivity index is 1.67. The summed E-state index contributed by atoms with van der Waals surface area (Å²) in [5, 5.41) is 6.51. The number of hydrogen-bond donors (Lipinski definition) is 2. The van der Waals surface area contributed by atoms with Gasteiger partial charge in [0, 0.05) is 11.6 Å². The molecule has 0 aliphatic carbocycles. The average molecular weight is 326 g/mol. The zero-order valence-electron chi connectivity index (χ0n) is 12.3. The van der Waals surface area contributed by atoms with Crippen molar-refractivity contribution in [1.82, 2.24) is 15.0 Å². The first-order valence-electron chi connectivity index (χ1n) is 6.76. The summed E-state index contributed by atoms with van der Waals surface area (Å²) in [6, 6.07) is 7.49. The van der Waals surface area contributed by atoms with Gasteiger partial charge in [0.2, 0.25) is 11.0 Å². The van der Waals surface area contributed by atoms with Gasteiger partial charge in [0.25, 0.3) is 0 Å². The van der Waals surface area contributed by atoms with E-state index in [-0.39, 0.29) is 0 Å². The molecule has 0 radical (unpaired) electrons. The molecule has 0 fully saturated rings. The Morgan fingerprint density at radius 1 is 1.30 bits per heavy atom. The smallest absolute Gasteiger partial charge is 0.238 e. The molecular weight excluding hydrogens is 312 g/mol. The number of nitrogens with zero attached hydrogens (tertiary/aromatic N) is 4. The van der Waals surface area contributed by atoms with Crippen LogP contribution in [-0.2, 0) is 0 Å². The fourth-order valence-corrected chi connectivity index (χ4v) is 2.32. The summed E-state index contributed by atoms with van der Waals surface area (Å²) >= 11 is 1.39. The molecule has 8 heteroatoms. The van der Waals surface area contributed by atoms with Crippen molar-refractivity contribution in [3.05, 3.63) is 53.3 Å². The summed E-state index contributed by atoms with van der Waals surface area (Å²) in [5.41, 5.74) is 10.0. The van der Waals surface area contributed by atoms with E-state index in [1.807, 2.05) is 31.2 Å². The van der Waals surface area contributed by atoms with Crippen LogP contribution in [0.2, 0.25) is 0 Å². The van der Waals surface area contributed by atoms with Crippen LogP contribution in [-0.4, -0.2) is 21.2 Å². The van der Waals surface area contributed by atoms with Crippen LogP contribution in [0.15, 0.2) is 47.1 Å². The Hall–Kier alpha value is -3.00. The number of thiazole rings is 1. The third kappa shape index (κ3) is 4.24. The van der Waals surface area contributed by atoms with Gasteiger partial charge in [-0.25, -0.2) is 9.97 Å². The number of nitrogens with one attached hydrogen (secondary N) is 1. The van der Waals surface area contributed by atoms with E-state index in [0.717, 1.165) is 11.3 Å². The number of hydrazone groups is 1. The van der Waals surface area contributed by atoms with E-state index >= 15 is 0 Å². The van der Waals surface area contributed by atoms with Gasteiger partial charge in [0.1, 0.15) is 11.6 Å². The van der Waals surface area contributed by atoms with Crippen molar-refractivity contribution < 1.29 is 4.74 Å². The third-order valence-corrected chi connectivity index (χ3v) is 3.47. The van der Waals surface area contributed by atoms with E-state index in [0.29, 0.717) is 22.6 Å². The Kier molecular flexibility index (Phi) is 4.44. The van der Waals surface area contributed by atoms with Crippen LogP contribution in [0, 0.1) is 6.92 Å². The zero-order chi connectivity index (χ0) is 16.1. The zero-order valence-corrected chi connectivity index (χ0v) is 13.1. The van der Waals surface area contributed by atoms with Crippen molar-refractivity contribution in [2.24, 2.45) is 5.10 Å². The number of ether oxygens (including phenoxy) is 1. The second kappa shape index (κ2) is 6.84. The molecule has 0 atom stereocenters. The van der Waals surface area contributed by atoms with E-state index in [1.54, 1.807) is 24.0 Å². The first-order valence-corrected chi connectivity index (χ1v) is 7.64. The van der Waals surface area contributed by atoms with Gasteiger partial charge >= 0.3 is 0 Å². The molecule has 2 aromatic heterocycles. The molecule has 0 spiro atoms. The van der Waals surface area contributed by atoms with Crippen LogP contribution in [0.4, 0.5) is 10.9 Å². The van der Waals surface area contributed by atoms with Crippen molar-refractivity contribution >= 4 is 28.5 Å². The second-order valence-electron chi connectivity index (χ2n) is 4.62. The molecule has 0 bridgehead atoms. The van der Waals surface area contributed by atoms with Crippen molar-refractivity contribution in [2.75, 3.05) is 11.2 Å². The SMILES string of the molecule is Cc1cncc(Oc2cccc(C=NNc3nc(N)cs3)c2)n1. The molecule has 0 aliphatic rings.